The molecule has 4 heteroatoms. The van der Waals surface area contributed by atoms with Crippen molar-refractivity contribution in [2.45, 2.75) is 19.4 Å². The topological polar surface area (TPSA) is 35.2 Å². The van der Waals surface area contributed by atoms with Gasteiger partial charge in [0.25, 0.3) is 0 Å². The molecule has 2 N–H and O–H groups in total. The number of hydrogen-bond donors (Lipinski definition) is 1. The molecule has 1 unspecified atom stereocenters. The van der Waals surface area contributed by atoms with E-state index in [1.807, 2.05) is 25.1 Å². The summed E-state index contributed by atoms with van der Waals surface area (Å²) in [5.74, 6) is 0.701. The molecule has 84 valence electrons. The fourth-order valence-electron chi connectivity index (χ4n) is 1.36. The van der Waals surface area contributed by atoms with E-state index in [4.69, 9.17) is 10.5 Å². The third kappa shape index (κ3) is 3.80. The summed E-state index contributed by atoms with van der Waals surface area (Å²) >= 11 is 3.38. The zero-order valence-electron chi connectivity index (χ0n) is 8.67. The van der Waals surface area contributed by atoms with Crippen molar-refractivity contribution in [1.29, 1.82) is 0 Å². The molecular formula is C11H15BrFNO. The van der Waals surface area contributed by atoms with Crippen molar-refractivity contribution in [3.8, 4) is 5.75 Å². The van der Waals surface area contributed by atoms with Crippen LogP contribution in [-0.2, 0) is 6.42 Å². The SMILES string of the molecule is CC(N)Cc1cccc(Br)c1OCCF. The standard InChI is InChI=1S/C11H15BrFNO/c1-8(14)7-9-3-2-4-10(12)11(9)15-6-5-13/h2-4,8H,5-7,14H2,1H3. The molecule has 0 saturated carbocycles. The number of ether oxygens (including phenoxy) is 1. The summed E-state index contributed by atoms with van der Waals surface area (Å²) in [6.45, 7) is 1.52. The van der Waals surface area contributed by atoms with Crippen LogP contribution in [0.1, 0.15) is 12.5 Å². The lowest BCUT2D eigenvalue weighted by molar-refractivity contribution is 0.269. The first-order valence-corrected chi connectivity index (χ1v) is 5.66. The van der Waals surface area contributed by atoms with Crippen LogP contribution >= 0.6 is 15.9 Å². The predicted molar refractivity (Wildman–Crippen MR) is 63.0 cm³/mol. The minimum atomic E-state index is -0.487. The highest BCUT2D eigenvalue weighted by atomic mass is 79.9. The van der Waals surface area contributed by atoms with E-state index in [-0.39, 0.29) is 12.6 Å². The number of para-hydroxylation sites is 1. The van der Waals surface area contributed by atoms with Crippen molar-refractivity contribution in [1.82, 2.24) is 0 Å². The van der Waals surface area contributed by atoms with Gasteiger partial charge in [-0.25, -0.2) is 4.39 Å². The van der Waals surface area contributed by atoms with Gasteiger partial charge in [-0.2, -0.15) is 0 Å². The lowest BCUT2D eigenvalue weighted by Gasteiger charge is -2.13. The number of nitrogens with two attached hydrogens (primary N) is 1. The summed E-state index contributed by atoms with van der Waals surface area (Å²) in [5.41, 5.74) is 6.73. The van der Waals surface area contributed by atoms with Crippen LogP contribution in [0.5, 0.6) is 5.75 Å². The van der Waals surface area contributed by atoms with E-state index in [0.29, 0.717) is 5.75 Å². The Hall–Kier alpha value is -0.610. The fourth-order valence-corrected chi connectivity index (χ4v) is 1.89. The molecule has 0 fully saturated rings. The van der Waals surface area contributed by atoms with Crippen molar-refractivity contribution in [2.75, 3.05) is 13.3 Å². The molecule has 0 aromatic heterocycles. The molecule has 0 bridgehead atoms. The van der Waals surface area contributed by atoms with Gasteiger partial charge in [-0.3, -0.25) is 0 Å². The summed E-state index contributed by atoms with van der Waals surface area (Å²) in [6, 6.07) is 5.80. The third-order valence-corrected chi connectivity index (χ3v) is 2.54. The van der Waals surface area contributed by atoms with E-state index >= 15 is 0 Å². The van der Waals surface area contributed by atoms with Crippen LogP contribution in [0, 0.1) is 0 Å². The van der Waals surface area contributed by atoms with Gasteiger partial charge >= 0.3 is 0 Å². The Kier molecular flexibility index (Phi) is 5.05. The molecule has 0 radical (unpaired) electrons. The number of benzene rings is 1. The minimum Gasteiger partial charge on any atom is -0.489 e. The molecule has 0 heterocycles. The third-order valence-electron chi connectivity index (χ3n) is 1.91. The maximum atomic E-state index is 12.0. The Bertz CT molecular complexity index is 317. The highest BCUT2D eigenvalue weighted by Crippen LogP contribution is 2.29. The van der Waals surface area contributed by atoms with Crippen molar-refractivity contribution in [2.24, 2.45) is 5.73 Å². The second-order valence-corrected chi connectivity index (χ2v) is 4.30. The van der Waals surface area contributed by atoms with Crippen LogP contribution in [0.25, 0.3) is 0 Å². The molecule has 1 rings (SSSR count). The van der Waals surface area contributed by atoms with E-state index in [9.17, 15) is 4.39 Å². The number of rotatable bonds is 5. The largest absolute Gasteiger partial charge is 0.489 e. The van der Waals surface area contributed by atoms with Crippen molar-refractivity contribution >= 4 is 15.9 Å². The first-order valence-electron chi connectivity index (χ1n) is 4.87. The Labute approximate surface area is 97.7 Å². The van der Waals surface area contributed by atoms with Gasteiger partial charge in [0.15, 0.2) is 0 Å². The van der Waals surface area contributed by atoms with Crippen molar-refractivity contribution < 1.29 is 9.13 Å². The summed E-state index contributed by atoms with van der Waals surface area (Å²) < 4.78 is 18.2. The predicted octanol–water partition coefficient (Wildman–Crippen LogP) is 2.69. The van der Waals surface area contributed by atoms with Crippen LogP contribution < -0.4 is 10.5 Å². The second-order valence-electron chi connectivity index (χ2n) is 3.45. The van der Waals surface area contributed by atoms with Gasteiger partial charge in [0.2, 0.25) is 0 Å². The number of halogens is 2. The Balaban J connectivity index is 2.87. The summed E-state index contributed by atoms with van der Waals surface area (Å²) in [7, 11) is 0. The highest BCUT2D eigenvalue weighted by Gasteiger charge is 2.09. The zero-order valence-corrected chi connectivity index (χ0v) is 10.3. The smallest absolute Gasteiger partial charge is 0.136 e. The van der Waals surface area contributed by atoms with Crippen molar-refractivity contribution in [3.63, 3.8) is 0 Å². The monoisotopic (exact) mass is 275 g/mol. The molecular weight excluding hydrogens is 261 g/mol. The molecule has 1 aromatic carbocycles. The van der Waals surface area contributed by atoms with Gasteiger partial charge in [-0.15, -0.1) is 0 Å². The first-order chi connectivity index (χ1) is 7.15. The zero-order chi connectivity index (χ0) is 11.3. The molecule has 0 aliphatic rings. The lowest BCUT2D eigenvalue weighted by atomic mass is 10.1. The molecule has 2 nitrogen and oxygen atoms in total. The molecule has 0 aliphatic heterocycles. The van der Waals surface area contributed by atoms with Gasteiger partial charge in [-0.1, -0.05) is 12.1 Å². The second kappa shape index (κ2) is 6.08. The van der Waals surface area contributed by atoms with Crippen LogP contribution in [-0.4, -0.2) is 19.3 Å². The molecule has 1 atom stereocenters. The minimum absolute atomic E-state index is 0.0621. The summed E-state index contributed by atoms with van der Waals surface area (Å²) in [6.07, 6.45) is 0.723. The van der Waals surface area contributed by atoms with Gasteiger partial charge in [0.05, 0.1) is 4.47 Å². The lowest BCUT2D eigenvalue weighted by Crippen LogP contribution is -2.18. The van der Waals surface area contributed by atoms with Crippen LogP contribution in [0.4, 0.5) is 4.39 Å². The van der Waals surface area contributed by atoms with Crippen molar-refractivity contribution in [3.05, 3.63) is 28.2 Å². The number of hydrogen-bond acceptors (Lipinski definition) is 2. The average molecular weight is 276 g/mol. The van der Waals surface area contributed by atoms with Crippen LogP contribution in [0.15, 0.2) is 22.7 Å². The molecule has 0 amide bonds. The number of alkyl halides is 1. The summed E-state index contributed by atoms with van der Waals surface area (Å²) in [5, 5.41) is 0. The maximum Gasteiger partial charge on any atom is 0.136 e. The molecule has 0 aliphatic carbocycles. The fraction of sp³-hybridized carbons (Fsp3) is 0.455. The Morgan fingerprint density at radius 3 is 2.87 bits per heavy atom. The van der Waals surface area contributed by atoms with Gasteiger partial charge in [0.1, 0.15) is 19.0 Å². The van der Waals surface area contributed by atoms with E-state index in [2.05, 4.69) is 15.9 Å². The Morgan fingerprint density at radius 1 is 1.53 bits per heavy atom. The molecule has 0 saturated heterocycles. The van der Waals surface area contributed by atoms with E-state index in [1.54, 1.807) is 0 Å². The quantitative estimate of drug-likeness (QED) is 0.897. The van der Waals surface area contributed by atoms with Gasteiger partial charge in [0, 0.05) is 6.04 Å². The van der Waals surface area contributed by atoms with Gasteiger partial charge < -0.3 is 10.5 Å². The Morgan fingerprint density at radius 2 is 2.27 bits per heavy atom. The van der Waals surface area contributed by atoms with E-state index < -0.39 is 6.67 Å². The normalized spacial score (nSPS) is 12.5. The maximum absolute atomic E-state index is 12.0. The summed E-state index contributed by atoms with van der Waals surface area (Å²) in [4.78, 5) is 0. The molecule has 15 heavy (non-hydrogen) atoms. The van der Waals surface area contributed by atoms with Crippen LogP contribution in [0.3, 0.4) is 0 Å². The van der Waals surface area contributed by atoms with Crippen LogP contribution in [0.2, 0.25) is 0 Å². The van der Waals surface area contributed by atoms with E-state index in [0.717, 1.165) is 16.5 Å². The molecule has 0 spiro atoms. The molecule has 1 aromatic rings. The average Bonchev–Trinajstić information content (AvgIpc) is 2.16. The first kappa shape index (κ1) is 12.5. The van der Waals surface area contributed by atoms with Gasteiger partial charge in [-0.05, 0) is 40.9 Å². The highest BCUT2D eigenvalue weighted by molar-refractivity contribution is 9.10. The van der Waals surface area contributed by atoms with E-state index in [1.165, 1.54) is 0 Å².